The predicted molar refractivity (Wildman–Crippen MR) is 65.6 cm³/mol. The quantitative estimate of drug-likeness (QED) is 0.812. The number of halogens is 1. The molecule has 0 saturated heterocycles. The van der Waals surface area contributed by atoms with Crippen molar-refractivity contribution in [3.05, 3.63) is 23.2 Å². The summed E-state index contributed by atoms with van der Waals surface area (Å²) in [4.78, 5) is 2.21. The topological polar surface area (TPSA) is 41.3 Å². The van der Waals surface area contributed by atoms with Gasteiger partial charge in [-0.25, -0.2) is 0 Å². The van der Waals surface area contributed by atoms with Crippen LogP contribution in [0.1, 0.15) is 13.8 Å². The first-order valence-electron chi connectivity index (χ1n) is 5.03. The summed E-state index contributed by atoms with van der Waals surface area (Å²) in [6.45, 7) is 5.66. The average molecular weight is 226 g/mol. The Kier molecular flexibility index (Phi) is 2.52. The minimum Gasteiger partial charge on any atom is -0.366 e. The van der Waals surface area contributed by atoms with Crippen molar-refractivity contribution in [2.75, 3.05) is 23.4 Å². The maximum atomic E-state index is 6.01. The van der Waals surface area contributed by atoms with Gasteiger partial charge in [0.05, 0.1) is 18.0 Å². The molecule has 3 nitrogen and oxygen atoms in total. The van der Waals surface area contributed by atoms with E-state index in [0.29, 0.717) is 0 Å². The van der Waals surface area contributed by atoms with Gasteiger partial charge in [-0.3, -0.25) is 0 Å². The molecule has 0 radical (unpaired) electrons. The SMILES string of the molecule is CC(C)(N)CN1CNc2ccc(Cl)cc21. The van der Waals surface area contributed by atoms with Crippen molar-refractivity contribution in [2.24, 2.45) is 5.73 Å². The molecule has 1 heterocycles. The fraction of sp³-hybridized carbons (Fsp3) is 0.455. The summed E-state index contributed by atoms with van der Waals surface area (Å²) < 4.78 is 0. The highest BCUT2D eigenvalue weighted by Crippen LogP contribution is 2.33. The first-order chi connectivity index (χ1) is 6.96. The number of nitrogens with one attached hydrogen (secondary N) is 1. The van der Waals surface area contributed by atoms with Crippen LogP contribution in [0.2, 0.25) is 5.02 Å². The van der Waals surface area contributed by atoms with Crippen LogP contribution in [0.3, 0.4) is 0 Å². The van der Waals surface area contributed by atoms with Gasteiger partial charge in [0.1, 0.15) is 0 Å². The molecule has 3 N–H and O–H groups in total. The molecule has 1 aromatic rings. The molecule has 0 atom stereocenters. The molecule has 1 aliphatic rings. The van der Waals surface area contributed by atoms with E-state index in [-0.39, 0.29) is 5.54 Å². The Hall–Kier alpha value is -0.930. The number of benzene rings is 1. The Bertz CT molecular complexity index is 371. The third-order valence-corrected chi connectivity index (χ3v) is 2.59. The van der Waals surface area contributed by atoms with Crippen molar-refractivity contribution in [1.82, 2.24) is 0 Å². The Morgan fingerprint density at radius 1 is 1.53 bits per heavy atom. The molecule has 1 aromatic carbocycles. The molecular formula is C11H16ClN3. The first-order valence-corrected chi connectivity index (χ1v) is 5.41. The zero-order valence-corrected chi connectivity index (χ0v) is 9.80. The molecule has 0 saturated carbocycles. The van der Waals surface area contributed by atoms with Gasteiger partial charge in [0.25, 0.3) is 0 Å². The van der Waals surface area contributed by atoms with Crippen LogP contribution in [0.15, 0.2) is 18.2 Å². The number of nitrogens with two attached hydrogens (primary N) is 1. The number of anilines is 2. The van der Waals surface area contributed by atoms with E-state index in [9.17, 15) is 0 Å². The molecule has 82 valence electrons. The monoisotopic (exact) mass is 225 g/mol. The Morgan fingerprint density at radius 2 is 2.27 bits per heavy atom. The lowest BCUT2D eigenvalue weighted by molar-refractivity contribution is 0.514. The van der Waals surface area contributed by atoms with Crippen LogP contribution in [0.4, 0.5) is 11.4 Å². The van der Waals surface area contributed by atoms with Gasteiger partial charge in [-0.2, -0.15) is 0 Å². The van der Waals surface area contributed by atoms with Gasteiger partial charge in [0.2, 0.25) is 0 Å². The number of hydrogen-bond donors (Lipinski definition) is 2. The summed E-state index contributed by atoms with van der Waals surface area (Å²) in [5.41, 5.74) is 8.07. The maximum absolute atomic E-state index is 6.01. The minimum atomic E-state index is -0.203. The second-order valence-electron chi connectivity index (χ2n) is 4.68. The smallest absolute Gasteiger partial charge is 0.0878 e. The predicted octanol–water partition coefficient (Wildman–Crippen LogP) is 2.27. The molecule has 0 spiro atoms. The largest absolute Gasteiger partial charge is 0.366 e. The molecule has 0 aromatic heterocycles. The lowest BCUT2D eigenvalue weighted by atomic mass is 10.1. The third-order valence-electron chi connectivity index (χ3n) is 2.36. The van der Waals surface area contributed by atoms with Crippen molar-refractivity contribution < 1.29 is 0 Å². The van der Waals surface area contributed by atoms with E-state index in [0.717, 1.165) is 29.6 Å². The fourth-order valence-corrected chi connectivity index (χ4v) is 1.98. The van der Waals surface area contributed by atoms with E-state index in [1.807, 2.05) is 32.0 Å². The van der Waals surface area contributed by atoms with Gasteiger partial charge in [0, 0.05) is 17.1 Å². The Balaban J connectivity index is 2.24. The lowest BCUT2D eigenvalue weighted by Crippen LogP contribution is -2.45. The molecule has 0 aliphatic carbocycles. The first kappa shape index (κ1) is 10.6. The van der Waals surface area contributed by atoms with Crippen molar-refractivity contribution in [3.63, 3.8) is 0 Å². The van der Waals surface area contributed by atoms with Crippen LogP contribution in [-0.2, 0) is 0 Å². The molecule has 4 heteroatoms. The minimum absolute atomic E-state index is 0.203. The zero-order valence-electron chi connectivity index (χ0n) is 9.05. The molecule has 1 aliphatic heterocycles. The highest BCUT2D eigenvalue weighted by Gasteiger charge is 2.23. The second-order valence-corrected chi connectivity index (χ2v) is 5.12. The number of hydrogen-bond acceptors (Lipinski definition) is 3. The molecule has 2 rings (SSSR count). The van der Waals surface area contributed by atoms with Crippen molar-refractivity contribution in [1.29, 1.82) is 0 Å². The highest BCUT2D eigenvalue weighted by molar-refractivity contribution is 6.31. The molecule has 0 fully saturated rings. The highest BCUT2D eigenvalue weighted by atomic mass is 35.5. The zero-order chi connectivity index (χ0) is 11.1. The summed E-state index contributed by atoms with van der Waals surface area (Å²) in [6.07, 6.45) is 0. The normalized spacial score (nSPS) is 15.1. The summed E-state index contributed by atoms with van der Waals surface area (Å²) in [6, 6.07) is 5.87. The van der Waals surface area contributed by atoms with Crippen molar-refractivity contribution >= 4 is 23.0 Å². The van der Waals surface area contributed by atoms with Crippen molar-refractivity contribution in [2.45, 2.75) is 19.4 Å². The summed E-state index contributed by atoms with van der Waals surface area (Å²) in [5, 5.41) is 4.07. The maximum Gasteiger partial charge on any atom is 0.0878 e. The Labute approximate surface area is 95.2 Å². The van der Waals surface area contributed by atoms with Crippen LogP contribution in [0.5, 0.6) is 0 Å². The van der Waals surface area contributed by atoms with E-state index in [2.05, 4.69) is 10.2 Å². The van der Waals surface area contributed by atoms with E-state index in [1.54, 1.807) is 0 Å². The summed E-state index contributed by atoms with van der Waals surface area (Å²) in [5.74, 6) is 0. The molecule has 0 amide bonds. The average Bonchev–Trinajstić information content (AvgIpc) is 2.46. The Morgan fingerprint density at radius 3 is 2.93 bits per heavy atom. The van der Waals surface area contributed by atoms with E-state index in [4.69, 9.17) is 17.3 Å². The van der Waals surface area contributed by atoms with Crippen LogP contribution in [0, 0.1) is 0 Å². The van der Waals surface area contributed by atoms with Gasteiger partial charge in [-0.1, -0.05) is 11.6 Å². The third kappa shape index (κ3) is 2.36. The van der Waals surface area contributed by atoms with Crippen LogP contribution >= 0.6 is 11.6 Å². The van der Waals surface area contributed by atoms with Crippen LogP contribution in [0.25, 0.3) is 0 Å². The molecule has 0 bridgehead atoms. The number of nitrogens with zero attached hydrogens (tertiary/aromatic N) is 1. The van der Waals surface area contributed by atoms with Gasteiger partial charge in [-0.05, 0) is 32.0 Å². The number of fused-ring (bicyclic) bond motifs is 1. The molecular weight excluding hydrogens is 210 g/mol. The van der Waals surface area contributed by atoms with Gasteiger partial charge in [0.15, 0.2) is 0 Å². The second kappa shape index (κ2) is 3.58. The summed E-state index contributed by atoms with van der Waals surface area (Å²) >= 11 is 5.97. The molecule has 0 unspecified atom stereocenters. The van der Waals surface area contributed by atoms with Gasteiger partial charge < -0.3 is 16.0 Å². The van der Waals surface area contributed by atoms with E-state index >= 15 is 0 Å². The fourth-order valence-electron chi connectivity index (χ4n) is 1.81. The standard InChI is InChI=1S/C11H16ClN3/c1-11(2,13)6-15-7-14-9-4-3-8(12)5-10(9)15/h3-5,14H,6-7,13H2,1-2H3. The van der Waals surface area contributed by atoms with Crippen LogP contribution in [-0.4, -0.2) is 18.8 Å². The summed E-state index contributed by atoms with van der Waals surface area (Å²) in [7, 11) is 0. The van der Waals surface area contributed by atoms with Crippen LogP contribution < -0.4 is 16.0 Å². The van der Waals surface area contributed by atoms with E-state index in [1.165, 1.54) is 0 Å². The lowest BCUT2D eigenvalue weighted by Gasteiger charge is -2.27. The van der Waals surface area contributed by atoms with Crippen molar-refractivity contribution in [3.8, 4) is 0 Å². The number of rotatable bonds is 2. The van der Waals surface area contributed by atoms with Gasteiger partial charge in [-0.15, -0.1) is 0 Å². The molecule has 15 heavy (non-hydrogen) atoms. The van der Waals surface area contributed by atoms with E-state index < -0.39 is 0 Å². The van der Waals surface area contributed by atoms with Gasteiger partial charge >= 0.3 is 0 Å².